The van der Waals surface area contributed by atoms with Gasteiger partial charge < -0.3 is 10.1 Å². The summed E-state index contributed by atoms with van der Waals surface area (Å²) in [6, 6.07) is 23.1. The third-order valence-electron chi connectivity index (χ3n) is 7.61. The molecule has 0 saturated heterocycles. The zero-order chi connectivity index (χ0) is 32.8. The van der Waals surface area contributed by atoms with Crippen molar-refractivity contribution in [2.24, 2.45) is 17.3 Å². The van der Waals surface area contributed by atoms with Crippen LogP contribution in [0.5, 0.6) is 11.5 Å². The highest BCUT2D eigenvalue weighted by Crippen LogP contribution is 2.30. The summed E-state index contributed by atoms with van der Waals surface area (Å²) >= 11 is 0. The average molecular weight is 622 g/mol. The van der Waals surface area contributed by atoms with Gasteiger partial charge in [-0.3, -0.25) is 24.4 Å². The Morgan fingerprint density at radius 1 is 0.911 bits per heavy atom. The quantitative estimate of drug-likeness (QED) is 0.0830. The number of carbonyl (C=O) groups is 3. The average Bonchev–Trinajstić information content (AvgIpc) is 3.01. The molecule has 0 spiro atoms. The number of carbonyl (C=O) groups excluding carboxylic acids is 3. The number of hydrogen-bond acceptors (Lipinski definition) is 6. The van der Waals surface area contributed by atoms with E-state index in [1.165, 1.54) is 6.07 Å². The maximum absolute atomic E-state index is 14.6. The van der Waals surface area contributed by atoms with Gasteiger partial charge in [0, 0.05) is 18.3 Å². The van der Waals surface area contributed by atoms with Gasteiger partial charge in [0.15, 0.2) is 11.6 Å². The maximum Gasteiger partial charge on any atom is 0.247 e. The largest absolute Gasteiger partial charge is 0.454 e. The second-order valence-corrected chi connectivity index (χ2v) is 12.2. The van der Waals surface area contributed by atoms with Crippen molar-refractivity contribution >= 4 is 17.7 Å². The molecule has 10 heteroatoms. The van der Waals surface area contributed by atoms with E-state index in [-0.39, 0.29) is 48.5 Å². The van der Waals surface area contributed by atoms with E-state index in [0.29, 0.717) is 30.6 Å². The van der Waals surface area contributed by atoms with Crippen molar-refractivity contribution in [2.75, 3.05) is 6.61 Å². The summed E-state index contributed by atoms with van der Waals surface area (Å²) in [6.45, 7) is 7.93. The Balaban J connectivity index is 1.50. The molecule has 4 N–H and O–H groups in total. The van der Waals surface area contributed by atoms with E-state index < -0.39 is 23.5 Å². The highest BCUT2D eigenvalue weighted by molar-refractivity contribution is 5.84. The summed E-state index contributed by atoms with van der Waals surface area (Å²) in [5.41, 5.74) is 5.32. The lowest BCUT2D eigenvalue weighted by atomic mass is 9.78. The molecule has 3 aromatic carbocycles. The van der Waals surface area contributed by atoms with Crippen molar-refractivity contribution in [1.29, 1.82) is 0 Å². The summed E-state index contributed by atoms with van der Waals surface area (Å²) in [5, 5.41) is 12.1. The molecule has 0 fully saturated rings. The van der Waals surface area contributed by atoms with Gasteiger partial charge in [-0.1, -0.05) is 75.4 Å². The number of hydroxylamine groups is 2. The number of halogens is 1. The van der Waals surface area contributed by atoms with Crippen LogP contribution < -0.4 is 21.0 Å². The van der Waals surface area contributed by atoms with Crippen LogP contribution in [0.1, 0.15) is 70.5 Å². The summed E-state index contributed by atoms with van der Waals surface area (Å²) < 4.78 is 20.2. The van der Waals surface area contributed by atoms with Crippen LogP contribution in [-0.2, 0) is 25.6 Å². The van der Waals surface area contributed by atoms with Gasteiger partial charge >= 0.3 is 0 Å². The van der Waals surface area contributed by atoms with Crippen LogP contribution in [0.2, 0.25) is 0 Å². The molecule has 0 aliphatic heterocycles. The Hall–Kier alpha value is -4.28. The van der Waals surface area contributed by atoms with Gasteiger partial charge in [-0.25, -0.2) is 15.4 Å². The molecule has 0 heterocycles. The molecule has 0 bridgehead atoms. The van der Waals surface area contributed by atoms with Crippen molar-refractivity contribution in [3.05, 3.63) is 95.8 Å². The minimum atomic E-state index is -0.795. The van der Waals surface area contributed by atoms with Crippen LogP contribution in [-0.4, -0.2) is 29.5 Å². The third kappa shape index (κ3) is 11.6. The molecule has 45 heavy (non-hydrogen) atoms. The van der Waals surface area contributed by atoms with E-state index >= 15 is 0 Å². The van der Waals surface area contributed by atoms with Gasteiger partial charge in [-0.2, -0.15) is 0 Å². The Morgan fingerprint density at radius 2 is 1.58 bits per heavy atom. The number of ether oxygens (including phenoxy) is 1. The predicted octanol–water partition coefficient (Wildman–Crippen LogP) is 6.43. The topological polar surface area (TPSA) is 126 Å². The van der Waals surface area contributed by atoms with Gasteiger partial charge in [0.1, 0.15) is 5.75 Å². The minimum Gasteiger partial charge on any atom is -0.454 e. The molecular weight excluding hydrogens is 577 g/mol. The van der Waals surface area contributed by atoms with E-state index in [4.69, 9.17) is 14.8 Å². The molecule has 0 aromatic heterocycles. The van der Waals surface area contributed by atoms with E-state index in [2.05, 4.69) is 10.8 Å². The van der Waals surface area contributed by atoms with Crippen molar-refractivity contribution in [1.82, 2.24) is 16.3 Å². The van der Waals surface area contributed by atoms with Gasteiger partial charge in [0.25, 0.3) is 0 Å². The number of para-hydroxylation sites is 1. The van der Waals surface area contributed by atoms with Crippen LogP contribution in [0.3, 0.4) is 0 Å². The van der Waals surface area contributed by atoms with Crippen LogP contribution in [0, 0.1) is 23.1 Å². The SMILES string of the molecule is C[C@@H](NC(=O)[C@@H](CCONC(=O)[C@H](CCCc1ccc(Oc2ccccc2)c(F)c1)CC(=O)NO)C(C)(C)C)c1ccccc1. The highest BCUT2D eigenvalue weighted by Gasteiger charge is 2.32. The molecule has 3 aromatic rings. The zero-order valence-electron chi connectivity index (χ0n) is 26.3. The first-order valence-electron chi connectivity index (χ1n) is 15.2. The molecule has 0 unspecified atom stereocenters. The number of aryl methyl sites for hydroxylation is 1. The Bertz CT molecular complexity index is 1380. The molecule has 0 radical (unpaired) electrons. The van der Waals surface area contributed by atoms with Crippen molar-refractivity contribution in [2.45, 2.75) is 65.8 Å². The fourth-order valence-corrected chi connectivity index (χ4v) is 5.02. The van der Waals surface area contributed by atoms with Crippen LogP contribution >= 0.6 is 0 Å². The molecular formula is C35H44FN3O6. The van der Waals surface area contributed by atoms with Crippen molar-refractivity contribution < 1.29 is 33.6 Å². The summed E-state index contributed by atoms with van der Waals surface area (Å²) in [7, 11) is 0. The Morgan fingerprint density at radius 3 is 2.20 bits per heavy atom. The van der Waals surface area contributed by atoms with E-state index in [1.807, 2.05) is 64.1 Å². The molecule has 0 saturated carbocycles. The number of hydrogen-bond donors (Lipinski definition) is 4. The normalized spacial score (nSPS) is 13.3. The Kier molecular flexibility index (Phi) is 13.5. The molecule has 3 rings (SSSR count). The third-order valence-corrected chi connectivity index (χ3v) is 7.61. The van der Waals surface area contributed by atoms with Gasteiger partial charge in [0.05, 0.1) is 12.6 Å². The van der Waals surface area contributed by atoms with Crippen LogP contribution in [0.25, 0.3) is 0 Å². The van der Waals surface area contributed by atoms with Crippen LogP contribution in [0.15, 0.2) is 78.9 Å². The Labute approximate surface area is 264 Å². The summed E-state index contributed by atoms with van der Waals surface area (Å²) in [6.07, 6.45) is 1.32. The molecule has 3 amide bonds. The molecule has 242 valence electrons. The zero-order valence-corrected chi connectivity index (χ0v) is 26.3. The fourth-order valence-electron chi connectivity index (χ4n) is 5.02. The molecule has 0 aliphatic carbocycles. The lowest BCUT2D eigenvalue weighted by molar-refractivity contribution is -0.143. The highest BCUT2D eigenvalue weighted by atomic mass is 19.1. The first-order valence-corrected chi connectivity index (χ1v) is 15.2. The lowest BCUT2D eigenvalue weighted by Gasteiger charge is -2.31. The number of rotatable bonds is 16. The summed E-state index contributed by atoms with van der Waals surface area (Å²) in [5.74, 6) is -2.39. The minimum absolute atomic E-state index is 0.0798. The van der Waals surface area contributed by atoms with Crippen molar-refractivity contribution in [3.8, 4) is 11.5 Å². The molecule has 0 aliphatic rings. The monoisotopic (exact) mass is 621 g/mol. The fraction of sp³-hybridized carbons (Fsp3) is 0.400. The van der Waals surface area contributed by atoms with Gasteiger partial charge in [0.2, 0.25) is 17.7 Å². The lowest BCUT2D eigenvalue weighted by Crippen LogP contribution is -2.40. The summed E-state index contributed by atoms with van der Waals surface area (Å²) in [4.78, 5) is 43.5. The van der Waals surface area contributed by atoms with Crippen LogP contribution in [0.4, 0.5) is 4.39 Å². The first-order chi connectivity index (χ1) is 21.5. The predicted molar refractivity (Wildman–Crippen MR) is 169 cm³/mol. The second-order valence-electron chi connectivity index (χ2n) is 12.2. The second kappa shape index (κ2) is 17.3. The number of benzene rings is 3. The van der Waals surface area contributed by atoms with E-state index in [0.717, 1.165) is 5.56 Å². The number of amides is 3. The molecule has 3 atom stereocenters. The van der Waals surface area contributed by atoms with Gasteiger partial charge in [-0.15, -0.1) is 0 Å². The van der Waals surface area contributed by atoms with E-state index in [1.54, 1.807) is 41.9 Å². The van der Waals surface area contributed by atoms with Crippen molar-refractivity contribution in [3.63, 3.8) is 0 Å². The maximum atomic E-state index is 14.6. The smallest absolute Gasteiger partial charge is 0.247 e. The van der Waals surface area contributed by atoms with E-state index in [9.17, 15) is 18.8 Å². The first kappa shape index (κ1) is 35.2. The standard InChI is InChI=1S/C35H44FN3O6/c1-24(26-13-7-5-8-14-26)37-34(42)29(35(2,3)4)20-21-44-39-33(41)27(23-32(40)38-43)15-11-12-25-18-19-31(30(36)22-25)45-28-16-9-6-10-17-28/h5-10,13-14,16-19,22,24,27,29,43H,11-12,15,20-21,23H2,1-4H3,(H,37,42)(H,38,40)(H,39,41)/t24-,27-,29-/m1/s1. The van der Waals surface area contributed by atoms with Gasteiger partial charge in [-0.05, 0) is 73.4 Å². The molecule has 9 nitrogen and oxygen atoms in total. The number of nitrogens with one attached hydrogen (secondary N) is 3.